The van der Waals surface area contributed by atoms with Crippen molar-refractivity contribution in [3.05, 3.63) is 64.7 Å². The maximum Gasteiger partial charge on any atom is 0.409 e. The van der Waals surface area contributed by atoms with E-state index in [2.05, 4.69) is 4.90 Å². The van der Waals surface area contributed by atoms with Crippen molar-refractivity contribution in [1.29, 1.82) is 0 Å². The van der Waals surface area contributed by atoms with Crippen LogP contribution in [0, 0.1) is 11.6 Å². The Morgan fingerprint density at radius 1 is 0.875 bits per heavy atom. The average Bonchev–Trinajstić information content (AvgIpc) is 2.98. The maximum absolute atomic E-state index is 14.2. The summed E-state index contributed by atoms with van der Waals surface area (Å²) in [6.07, 6.45) is 7.31. The van der Waals surface area contributed by atoms with E-state index in [1.807, 2.05) is 0 Å². The van der Waals surface area contributed by atoms with Crippen molar-refractivity contribution in [3.8, 4) is 0 Å². The Morgan fingerprint density at radius 2 is 1.57 bits per heavy atom. The molecular weight excluding hydrogens is 560 g/mol. The number of hydrogen-bond acceptors (Lipinski definition) is 5. The van der Waals surface area contributed by atoms with Gasteiger partial charge in [-0.3, -0.25) is 4.90 Å². The third-order valence-electron chi connectivity index (χ3n) is 8.46. The minimum Gasteiger partial charge on any atom is -0.448 e. The molecule has 0 spiro atoms. The monoisotopic (exact) mass is 595 g/mol. The quantitative estimate of drug-likeness (QED) is 0.410. The highest BCUT2D eigenvalue weighted by atomic mass is 35.5. The van der Waals surface area contributed by atoms with E-state index in [0.29, 0.717) is 49.0 Å². The molecule has 2 atom stereocenters. The molecule has 2 aromatic carbocycles. The van der Waals surface area contributed by atoms with Crippen LogP contribution in [0.15, 0.2) is 47.4 Å². The molecular formula is C29H36ClF2N3O4S. The van der Waals surface area contributed by atoms with Crippen molar-refractivity contribution in [2.24, 2.45) is 0 Å². The number of piperidine rings is 1. The Morgan fingerprint density at radius 3 is 2.25 bits per heavy atom. The summed E-state index contributed by atoms with van der Waals surface area (Å²) < 4.78 is 62.8. The second kappa shape index (κ2) is 12.7. The van der Waals surface area contributed by atoms with Gasteiger partial charge in [-0.2, -0.15) is 4.31 Å². The van der Waals surface area contributed by atoms with E-state index in [9.17, 15) is 22.0 Å². The molecule has 3 aliphatic rings. The van der Waals surface area contributed by atoms with Crippen molar-refractivity contribution in [1.82, 2.24) is 14.1 Å². The van der Waals surface area contributed by atoms with Crippen molar-refractivity contribution in [2.75, 3.05) is 32.8 Å². The number of carbonyl (C=O) groups excluding carboxylic acids is 1. The van der Waals surface area contributed by atoms with Gasteiger partial charge in [0.25, 0.3) is 0 Å². The molecule has 2 aromatic rings. The van der Waals surface area contributed by atoms with E-state index in [0.717, 1.165) is 25.2 Å². The summed E-state index contributed by atoms with van der Waals surface area (Å²) in [6, 6.07) is 8.47. The van der Waals surface area contributed by atoms with Crippen LogP contribution in [-0.2, 0) is 14.8 Å². The highest BCUT2D eigenvalue weighted by molar-refractivity contribution is 7.89. The summed E-state index contributed by atoms with van der Waals surface area (Å²) in [7, 11) is -4.09. The molecule has 11 heteroatoms. The van der Waals surface area contributed by atoms with Crippen LogP contribution in [-0.4, -0.2) is 73.5 Å². The summed E-state index contributed by atoms with van der Waals surface area (Å²) in [5.74, 6) is -2.04. The van der Waals surface area contributed by atoms with Gasteiger partial charge in [0.2, 0.25) is 10.0 Å². The van der Waals surface area contributed by atoms with Gasteiger partial charge in [0.1, 0.15) is 6.61 Å². The van der Waals surface area contributed by atoms with Gasteiger partial charge >= 0.3 is 6.09 Å². The lowest BCUT2D eigenvalue weighted by molar-refractivity contribution is 0.0382. The fraction of sp³-hybridized carbons (Fsp3) is 0.552. The molecule has 2 saturated heterocycles. The van der Waals surface area contributed by atoms with E-state index < -0.39 is 39.8 Å². The van der Waals surface area contributed by atoms with E-state index in [-0.39, 0.29) is 11.5 Å². The number of piperazine rings is 1. The van der Waals surface area contributed by atoms with E-state index in [1.165, 1.54) is 66.7 Å². The number of amides is 1. The summed E-state index contributed by atoms with van der Waals surface area (Å²) in [4.78, 5) is 17.2. The second-order valence-electron chi connectivity index (χ2n) is 11.0. The molecule has 1 aliphatic carbocycles. The molecule has 5 rings (SSSR count). The molecule has 3 fully saturated rings. The zero-order valence-electron chi connectivity index (χ0n) is 22.5. The van der Waals surface area contributed by atoms with Gasteiger partial charge in [-0.1, -0.05) is 36.9 Å². The van der Waals surface area contributed by atoms with Crippen LogP contribution >= 0.6 is 11.6 Å². The van der Waals surface area contributed by atoms with Crippen molar-refractivity contribution >= 4 is 27.7 Å². The van der Waals surface area contributed by atoms with Gasteiger partial charge in [-0.05, 0) is 74.1 Å². The molecule has 0 bridgehead atoms. The molecule has 0 radical (unpaired) electrons. The standard InChI is InChI=1S/C29H36ClF2N3O4S/c30-22-10-12-25(13-11-22)40(37,38)35-24(7-4-8-28(35)21-9-14-26(31)27(32)19-21)20-39-29(36)34-17-15-33(16-18-34)23-5-2-1-3-6-23/h9-14,19,23-24,28H,1-8,15-18,20H2/t24-,28+/m1/s1. The lowest BCUT2D eigenvalue weighted by Crippen LogP contribution is -2.53. The van der Waals surface area contributed by atoms with E-state index in [1.54, 1.807) is 4.90 Å². The first-order valence-electron chi connectivity index (χ1n) is 14.1. The zero-order chi connectivity index (χ0) is 28.3. The number of hydrogen-bond donors (Lipinski definition) is 0. The number of nitrogens with zero attached hydrogens (tertiary/aromatic N) is 3. The summed E-state index contributed by atoms with van der Waals surface area (Å²) in [5.41, 5.74) is 0.353. The number of rotatable bonds is 6. The predicted molar refractivity (Wildman–Crippen MR) is 149 cm³/mol. The molecule has 0 unspecified atom stereocenters. The first-order valence-corrected chi connectivity index (χ1v) is 16.0. The summed E-state index contributed by atoms with van der Waals surface area (Å²) in [6.45, 7) is 2.63. The third-order valence-corrected chi connectivity index (χ3v) is 10.7. The van der Waals surface area contributed by atoms with Gasteiger partial charge in [-0.25, -0.2) is 22.0 Å². The molecule has 218 valence electrons. The van der Waals surface area contributed by atoms with Crippen molar-refractivity contribution in [2.45, 2.75) is 74.4 Å². The number of carbonyl (C=O) groups is 1. The highest BCUT2D eigenvalue weighted by Gasteiger charge is 2.42. The molecule has 7 nitrogen and oxygen atoms in total. The number of ether oxygens (including phenoxy) is 1. The Bertz CT molecular complexity index is 1280. The van der Waals surface area contributed by atoms with Gasteiger partial charge in [0.05, 0.1) is 17.0 Å². The fourth-order valence-electron chi connectivity index (χ4n) is 6.31. The highest BCUT2D eigenvalue weighted by Crippen LogP contribution is 2.39. The Balaban J connectivity index is 1.31. The van der Waals surface area contributed by atoms with Crippen LogP contribution in [0.1, 0.15) is 63.0 Å². The smallest absolute Gasteiger partial charge is 0.409 e. The van der Waals surface area contributed by atoms with Gasteiger partial charge in [0.15, 0.2) is 11.6 Å². The topological polar surface area (TPSA) is 70.2 Å². The molecule has 0 N–H and O–H groups in total. The zero-order valence-corrected chi connectivity index (χ0v) is 24.1. The van der Waals surface area contributed by atoms with Crippen LogP contribution in [0.3, 0.4) is 0 Å². The van der Waals surface area contributed by atoms with Crippen LogP contribution in [0.2, 0.25) is 5.02 Å². The normalized spacial score (nSPS) is 23.7. The lowest BCUT2D eigenvalue weighted by atomic mass is 9.93. The lowest BCUT2D eigenvalue weighted by Gasteiger charge is -2.42. The number of halogens is 3. The Hall–Kier alpha value is -2.27. The predicted octanol–water partition coefficient (Wildman–Crippen LogP) is 5.99. The first-order chi connectivity index (χ1) is 19.2. The molecule has 0 aromatic heterocycles. The minimum absolute atomic E-state index is 0.0292. The molecule has 40 heavy (non-hydrogen) atoms. The third kappa shape index (κ3) is 6.45. The van der Waals surface area contributed by atoms with Gasteiger partial charge in [-0.15, -0.1) is 0 Å². The number of benzene rings is 2. The molecule has 2 aliphatic heterocycles. The SMILES string of the molecule is O=C(OC[C@H]1CCC[C@@H](c2ccc(F)c(F)c2)N1S(=O)(=O)c1ccc(Cl)cc1)N1CCN(C2CCCCC2)CC1. The Kier molecular flexibility index (Phi) is 9.29. The van der Waals surface area contributed by atoms with E-state index >= 15 is 0 Å². The fourth-order valence-corrected chi connectivity index (χ4v) is 8.28. The van der Waals surface area contributed by atoms with E-state index in [4.69, 9.17) is 16.3 Å². The first kappa shape index (κ1) is 29.2. The summed E-state index contributed by atoms with van der Waals surface area (Å²) in [5, 5.41) is 0.392. The molecule has 2 heterocycles. The molecule has 1 saturated carbocycles. The van der Waals surface area contributed by atoms with Crippen LogP contribution < -0.4 is 0 Å². The second-order valence-corrected chi connectivity index (χ2v) is 13.2. The van der Waals surface area contributed by atoms with Gasteiger partial charge in [0, 0.05) is 37.2 Å². The van der Waals surface area contributed by atoms with Gasteiger partial charge < -0.3 is 9.64 Å². The summed E-state index contributed by atoms with van der Waals surface area (Å²) >= 11 is 5.99. The minimum atomic E-state index is -4.09. The van der Waals surface area contributed by atoms with Crippen LogP contribution in [0.4, 0.5) is 13.6 Å². The maximum atomic E-state index is 14.2. The Labute approximate surface area is 240 Å². The van der Waals surface area contributed by atoms with Crippen LogP contribution in [0.25, 0.3) is 0 Å². The van der Waals surface area contributed by atoms with Crippen molar-refractivity contribution < 1.29 is 26.7 Å². The van der Waals surface area contributed by atoms with Crippen LogP contribution in [0.5, 0.6) is 0 Å². The molecule has 1 amide bonds. The average molecular weight is 596 g/mol. The van der Waals surface area contributed by atoms with Crippen molar-refractivity contribution in [3.63, 3.8) is 0 Å². The largest absolute Gasteiger partial charge is 0.448 e. The number of sulfonamides is 1.